The van der Waals surface area contributed by atoms with Crippen molar-refractivity contribution in [1.82, 2.24) is 15.5 Å². The third-order valence-corrected chi connectivity index (χ3v) is 6.01. The van der Waals surface area contributed by atoms with E-state index in [0.717, 1.165) is 6.42 Å². The normalized spacial score (nSPS) is 19.5. The number of primary amides is 1. The Bertz CT molecular complexity index is 728. The van der Waals surface area contributed by atoms with Gasteiger partial charge in [0.2, 0.25) is 23.6 Å². The molecule has 11 heteroatoms. The summed E-state index contributed by atoms with van der Waals surface area (Å²) in [5.74, 6) is -3.41. The molecule has 1 aliphatic heterocycles. The highest BCUT2D eigenvalue weighted by molar-refractivity contribution is 5.94. The lowest BCUT2D eigenvalue weighted by Crippen LogP contribution is -2.57. The fourth-order valence-electron chi connectivity index (χ4n) is 3.78. The molecule has 1 saturated heterocycles. The molecule has 1 aliphatic rings. The lowest BCUT2D eigenvalue weighted by molar-refractivity contribution is -0.143. The first-order chi connectivity index (χ1) is 15.4. The molecule has 188 valence electrons. The van der Waals surface area contributed by atoms with Crippen LogP contribution in [0.25, 0.3) is 0 Å². The number of hydrogen-bond acceptors (Lipinski definition) is 6. The van der Waals surface area contributed by atoms with E-state index in [-0.39, 0.29) is 37.0 Å². The molecule has 1 rings (SSSR count). The number of aliphatic carboxylic acids is 1. The Kier molecular flexibility index (Phi) is 11.3. The molecule has 0 bridgehead atoms. The molecule has 0 aliphatic carbocycles. The summed E-state index contributed by atoms with van der Waals surface area (Å²) in [7, 11) is 0. The van der Waals surface area contributed by atoms with Crippen molar-refractivity contribution >= 4 is 29.6 Å². The van der Waals surface area contributed by atoms with Crippen molar-refractivity contribution in [3.05, 3.63) is 0 Å². The van der Waals surface area contributed by atoms with Crippen molar-refractivity contribution in [3.8, 4) is 0 Å². The number of amides is 4. The Morgan fingerprint density at radius 2 is 1.73 bits per heavy atom. The van der Waals surface area contributed by atoms with E-state index in [1.165, 1.54) is 4.90 Å². The predicted molar refractivity (Wildman–Crippen MR) is 122 cm³/mol. The number of hydrogen-bond donors (Lipinski definition) is 5. The standard InChI is InChI=1S/C22H39N5O6/c1-5-13(4)18(24)21(31)27-10-6-7-16(27)20(30)26-15(11-12(2)3)19(29)25-14(22(32)33)8-9-17(23)28/h12-16,18H,5-11,24H2,1-4H3,(H2,23,28)(H,25,29)(H,26,30)(H,32,33). The lowest BCUT2D eigenvalue weighted by atomic mass is 9.98. The van der Waals surface area contributed by atoms with Gasteiger partial charge in [0, 0.05) is 13.0 Å². The maximum atomic E-state index is 13.0. The van der Waals surface area contributed by atoms with Crippen LogP contribution in [0.15, 0.2) is 0 Å². The summed E-state index contributed by atoms with van der Waals surface area (Å²) in [5.41, 5.74) is 11.2. The number of likely N-dealkylation sites (tertiary alicyclic amines) is 1. The van der Waals surface area contributed by atoms with Gasteiger partial charge in [0.15, 0.2) is 0 Å². The summed E-state index contributed by atoms with van der Waals surface area (Å²) >= 11 is 0. The molecule has 7 N–H and O–H groups in total. The molecule has 0 spiro atoms. The maximum absolute atomic E-state index is 13.0. The minimum Gasteiger partial charge on any atom is -0.480 e. The summed E-state index contributed by atoms with van der Waals surface area (Å²) in [6, 6.07) is -3.75. The van der Waals surface area contributed by atoms with E-state index >= 15 is 0 Å². The molecule has 4 amide bonds. The quantitative estimate of drug-likeness (QED) is 0.245. The second-order valence-electron chi connectivity index (χ2n) is 9.20. The van der Waals surface area contributed by atoms with Gasteiger partial charge in [-0.15, -0.1) is 0 Å². The Labute approximate surface area is 195 Å². The monoisotopic (exact) mass is 469 g/mol. The molecule has 0 radical (unpaired) electrons. The van der Waals surface area contributed by atoms with Gasteiger partial charge in [0.05, 0.1) is 6.04 Å². The van der Waals surface area contributed by atoms with Gasteiger partial charge in [0.25, 0.3) is 0 Å². The van der Waals surface area contributed by atoms with E-state index in [9.17, 15) is 29.1 Å². The number of carbonyl (C=O) groups excluding carboxylic acids is 4. The molecule has 0 aromatic carbocycles. The van der Waals surface area contributed by atoms with Crippen LogP contribution in [-0.2, 0) is 24.0 Å². The second-order valence-corrected chi connectivity index (χ2v) is 9.20. The fraction of sp³-hybridized carbons (Fsp3) is 0.773. The van der Waals surface area contributed by atoms with Crippen molar-refractivity contribution < 1.29 is 29.1 Å². The number of nitrogens with one attached hydrogen (secondary N) is 2. The minimum absolute atomic E-state index is 0.0232. The van der Waals surface area contributed by atoms with E-state index in [4.69, 9.17) is 11.5 Å². The van der Waals surface area contributed by atoms with Gasteiger partial charge in [-0.3, -0.25) is 19.2 Å². The maximum Gasteiger partial charge on any atom is 0.326 e. The van der Waals surface area contributed by atoms with Gasteiger partial charge in [0.1, 0.15) is 18.1 Å². The summed E-state index contributed by atoms with van der Waals surface area (Å²) in [5, 5.41) is 14.4. The zero-order chi connectivity index (χ0) is 25.3. The molecule has 1 fully saturated rings. The summed E-state index contributed by atoms with van der Waals surface area (Å²) < 4.78 is 0. The van der Waals surface area contributed by atoms with Crippen LogP contribution in [-0.4, -0.2) is 70.3 Å². The van der Waals surface area contributed by atoms with Crippen LogP contribution < -0.4 is 22.1 Å². The fourth-order valence-corrected chi connectivity index (χ4v) is 3.78. The minimum atomic E-state index is -1.31. The smallest absolute Gasteiger partial charge is 0.326 e. The van der Waals surface area contributed by atoms with Crippen LogP contribution in [0.1, 0.15) is 66.2 Å². The molecule has 33 heavy (non-hydrogen) atoms. The third kappa shape index (κ3) is 8.64. The average molecular weight is 470 g/mol. The van der Waals surface area contributed by atoms with Crippen molar-refractivity contribution in [2.75, 3.05) is 6.54 Å². The van der Waals surface area contributed by atoms with E-state index < -0.39 is 47.9 Å². The Balaban J connectivity index is 2.92. The third-order valence-electron chi connectivity index (χ3n) is 6.01. The highest BCUT2D eigenvalue weighted by Crippen LogP contribution is 2.21. The number of nitrogens with two attached hydrogens (primary N) is 2. The summed E-state index contributed by atoms with van der Waals surface area (Å²) in [4.78, 5) is 62.7. The second kappa shape index (κ2) is 13.1. The molecule has 1 heterocycles. The summed E-state index contributed by atoms with van der Waals surface area (Å²) in [6.07, 6.45) is 1.75. The Morgan fingerprint density at radius 3 is 2.24 bits per heavy atom. The van der Waals surface area contributed by atoms with E-state index in [1.807, 2.05) is 27.7 Å². The van der Waals surface area contributed by atoms with Gasteiger partial charge in [-0.1, -0.05) is 34.1 Å². The lowest BCUT2D eigenvalue weighted by Gasteiger charge is -2.30. The topological polar surface area (TPSA) is 185 Å². The number of carboxylic acids is 1. The molecule has 11 nitrogen and oxygen atoms in total. The molecule has 0 aromatic rings. The SMILES string of the molecule is CCC(C)C(N)C(=O)N1CCCC1C(=O)NC(CC(C)C)C(=O)NC(CCC(N)=O)C(=O)O. The van der Waals surface area contributed by atoms with Gasteiger partial charge in [-0.2, -0.15) is 0 Å². The molecular weight excluding hydrogens is 430 g/mol. The number of carboxylic acid groups (broad SMARTS) is 1. The van der Waals surface area contributed by atoms with Crippen molar-refractivity contribution in [3.63, 3.8) is 0 Å². The predicted octanol–water partition coefficient (Wildman–Crippen LogP) is -0.283. The average Bonchev–Trinajstić information content (AvgIpc) is 3.23. The first-order valence-electron chi connectivity index (χ1n) is 11.6. The van der Waals surface area contributed by atoms with Gasteiger partial charge in [-0.05, 0) is 37.5 Å². The van der Waals surface area contributed by atoms with E-state index in [1.54, 1.807) is 0 Å². The van der Waals surface area contributed by atoms with Crippen molar-refractivity contribution in [1.29, 1.82) is 0 Å². The number of rotatable bonds is 13. The molecule has 0 aromatic heterocycles. The van der Waals surface area contributed by atoms with E-state index in [0.29, 0.717) is 19.4 Å². The van der Waals surface area contributed by atoms with Gasteiger partial charge in [-0.25, -0.2) is 4.79 Å². The van der Waals surface area contributed by atoms with E-state index in [2.05, 4.69) is 10.6 Å². The van der Waals surface area contributed by atoms with Crippen LogP contribution in [0, 0.1) is 11.8 Å². The number of carbonyl (C=O) groups is 5. The zero-order valence-electron chi connectivity index (χ0n) is 20.0. The Hall–Kier alpha value is -2.69. The highest BCUT2D eigenvalue weighted by Gasteiger charge is 2.38. The molecular formula is C22H39N5O6. The van der Waals surface area contributed by atoms with Crippen molar-refractivity contribution in [2.45, 2.75) is 90.4 Å². The van der Waals surface area contributed by atoms with Gasteiger partial charge >= 0.3 is 5.97 Å². The molecule has 0 saturated carbocycles. The largest absolute Gasteiger partial charge is 0.480 e. The Morgan fingerprint density at radius 1 is 1.09 bits per heavy atom. The van der Waals surface area contributed by atoms with Crippen LogP contribution in [0.2, 0.25) is 0 Å². The van der Waals surface area contributed by atoms with Crippen LogP contribution in [0.5, 0.6) is 0 Å². The highest BCUT2D eigenvalue weighted by atomic mass is 16.4. The summed E-state index contributed by atoms with van der Waals surface area (Å²) in [6.45, 7) is 7.97. The van der Waals surface area contributed by atoms with Crippen LogP contribution >= 0.6 is 0 Å². The van der Waals surface area contributed by atoms with Crippen molar-refractivity contribution in [2.24, 2.45) is 23.3 Å². The first kappa shape index (κ1) is 28.3. The molecule has 5 unspecified atom stereocenters. The van der Waals surface area contributed by atoms with Crippen LogP contribution in [0.4, 0.5) is 0 Å². The number of nitrogens with zero attached hydrogens (tertiary/aromatic N) is 1. The first-order valence-corrected chi connectivity index (χ1v) is 11.6. The van der Waals surface area contributed by atoms with Gasteiger partial charge < -0.3 is 32.1 Å². The molecule has 5 atom stereocenters. The van der Waals surface area contributed by atoms with Crippen LogP contribution in [0.3, 0.4) is 0 Å². The zero-order valence-corrected chi connectivity index (χ0v) is 20.0.